The predicted molar refractivity (Wildman–Crippen MR) is 132 cm³/mol. The molecule has 1 aliphatic carbocycles. The minimum atomic E-state index is -1.04. The van der Waals surface area contributed by atoms with Gasteiger partial charge in [-0.15, -0.1) is 0 Å². The monoisotopic (exact) mass is 478 g/mol. The van der Waals surface area contributed by atoms with Gasteiger partial charge in [0.05, 0.1) is 0 Å². The highest BCUT2D eigenvalue weighted by Crippen LogP contribution is 2.42. The molecule has 184 valence electrons. The molecule has 0 spiro atoms. The van der Waals surface area contributed by atoms with Gasteiger partial charge in [0, 0.05) is 11.1 Å². The number of benzene rings is 2. The third-order valence-electron chi connectivity index (χ3n) is 5.91. The topological polar surface area (TPSA) is 110 Å². The van der Waals surface area contributed by atoms with Gasteiger partial charge in [0.25, 0.3) is 0 Å². The normalized spacial score (nSPS) is 18.5. The van der Waals surface area contributed by atoms with Crippen LogP contribution in [0.25, 0.3) is 12.2 Å². The fraction of sp³-hybridized carbons (Fsp3) is 0.321. The van der Waals surface area contributed by atoms with E-state index in [1.807, 2.05) is 12.2 Å². The van der Waals surface area contributed by atoms with Gasteiger partial charge in [0.2, 0.25) is 0 Å². The van der Waals surface area contributed by atoms with Crippen LogP contribution in [0.5, 0.6) is 11.5 Å². The molecule has 0 heterocycles. The highest BCUT2D eigenvalue weighted by molar-refractivity contribution is 6.14. The molecule has 2 aromatic carbocycles. The van der Waals surface area contributed by atoms with Crippen LogP contribution in [0.15, 0.2) is 59.7 Å². The lowest BCUT2D eigenvalue weighted by Gasteiger charge is -2.35. The highest BCUT2D eigenvalue weighted by atomic mass is 16.5. The molecule has 0 bridgehead atoms. The Balaban J connectivity index is 1.84. The summed E-state index contributed by atoms with van der Waals surface area (Å²) in [7, 11) is 0. The Labute approximate surface area is 204 Å². The Morgan fingerprint density at radius 1 is 0.800 bits per heavy atom. The third kappa shape index (κ3) is 7.57. The van der Waals surface area contributed by atoms with Crippen LogP contribution in [-0.2, 0) is 14.4 Å². The molecule has 7 heteroatoms. The van der Waals surface area contributed by atoms with Crippen molar-refractivity contribution in [2.45, 2.75) is 33.6 Å². The first kappa shape index (κ1) is 25.7. The number of ether oxygens (including phenoxy) is 2. The summed E-state index contributed by atoms with van der Waals surface area (Å²) >= 11 is 0. The number of ketones is 1. The van der Waals surface area contributed by atoms with Gasteiger partial charge in [-0.25, -0.2) is 9.59 Å². The van der Waals surface area contributed by atoms with Crippen molar-refractivity contribution in [1.29, 1.82) is 0 Å². The quantitative estimate of drug-likeness (QED) is 0.508. The Morgan fingerprint density at radius 2 is 1.17 bits per heavy atom. The average Bonchev–Trinajstić information content (AvgIpc) is 2.79. The van der Waals surface area contributed by atoms with E-state index in [-0.39, 0.29) is 17.1 Å². The average molecular weight is 479 g/mol. The summed E-state index contributed by atoms with van der Waals surface area (Å²) in [5.41, 5.74) is 3.13. The molecule has 0 atom stereocenters. The van der Waals surface area contributed by atoms with E-state index in [1.165, 1.54) is 0 Å². The summed E-state index contributed by atoms with van der Waals surface area (Å²) in [6.45, 7) is 5.70. The SMILES string of the molecule is CC(C)(C)C1CC(=Cc2ccc(OCC(=O)O)cc2)C(=O)C(=Cc2ccc(OCC(=O)O)cc2)C1. The smallest absolute Gasteiger partial charge is 0.341 e. The maximum Gasteiger partial charge on any atom is 0.341 e. The molecule has 1 saturated carbocycles. The number of allylic oxidation sites excluding steroid dienone is 2. The first-order chi connectivity index (χ1) is 16.5. The molecule has 1 fully saturated rings. The fourth-order valence-corrected chi connectivity index (χ4v) is 3.87. The van der Waals surface area contributed by atoms with Gasteiger partial charge in [-0.05, 0) is 71.7 Å². The summed E-state index contributed by atoms with van der Waals surface area (Å²) in [4.78, 5) is 34.7. The van der Waals surface area contributed by atoms with Crippen LogP contribution in [0.1, 0.15) is 44.7 Å². The Bertz CT molecular complexity index is 1050. The van der Waals surface area contributed by atoms with E-state index < -0.39 is 25.2 Å². The van der Waals surface area contributed by atoms with Crippen LogP contribution in [0, 0.1) is 11.3 Å². The minimum absolute atomic E-state index is 0.00192. The molecule has 1 aliphatic rings. The van der Waals surface area contributed by atoms with E-state index >= 15 is 0 Å². The first-order valence-electron chi connectivity index (χ1n) is 11.4. The lowest BCUT2D eigenvalue weighted by atomic mass is 9.68. The van der Waals surface area contributed by atoms with Crippen molar-refractivity contribution in [2.24, 2.45) is 11.3 Å². The number of hydrogen-bond donors (Lipinski definition) is 2. The van der Waals surface area contributed by atoms with E-state index in [0.29, 0.717) is 24.3 Å². The van der Waals surface area contributed by atoms with Gasteiger partial charge in [0.1, 0.15) is 11.5 Å². The number of carboxylic acids is 2. The molecule has 0 aromatic heterocycles. The molecule has 7 nitrogen and oxygen atoms in total. The predicted octanol–water partition coefficient (Wildman–Crippen LogP) is 5.11. The van der Waals surface area contributed by atoms with Gasteiger partial charge >= 0.3 is 11.9 Å². The standard InChI is InChI=1S/C28H30O7/c1-28(2,3)22-14-20(12-18-4-8-23(9-5-18)34-16-25(29)30)27(33)21(15-22)13-19-6-10-24(11-7-19)35-17-26(31)32/h4-13,22H,14-17H2,1-3H3,(H,29,30)(H,31,32). The number of carbonyl (C=O) groups excluding carboxylic acids is 1. The van der Waals surface area contributed by atoms with Gasteiger partial charge in [-0.1, -0.05) is 45.0 Å². The van der Waals surface area contributed by atoms with E-state index in [1.54, 1.807) is 48.5 Å². The second-order valence-electron chi connectivity index (χ2n) is 9.64. The van der Waals surface area contributed by atoms with E-state index in [9.17, 15) is 14.4 Å². The van der Waals surface area contributed by atoms with Gasteiger partial charge < -0.3 is 19.7 Å². The van der Waals surface area contributed by atoms with E-state index in [4.69, 9.17) is 19.7 Å². The lowest BCUT2D eigenvalue weighted by molar-refractivity contribution is -0.140. The Hall–Kier alpha value is -3.87. The number of rotatable bonds is 8. The maximum absolute atomic E-state index is 13.4. The van der Waals surface area contributed by atoms with Crippen LogP contribution in [0.4, 0.5) is 0 Å². The number of Topliss-reactive ketones (excluding diaryl/α,β-unsaturated/α-hetero) is 1. The van der Waals surface area contributed by atoms with Crippen LogP contribution in [0.2, 0.25) is 0 Å². The fourth-order valence-electron chi connectivity index (χ4n) is 3.87. The van der Waals surface area contributed by atoms with Crippen molar-refractivity contribution < 1.29 is 34.1 Å². The van der Waals surface area contributed by atoms with Crippen LogP contribution < -0.4 is 9.47 Å². The lowest BCUT2D eigenvalue weighted by Crippen LogP contribution is -2.29. The first-order valence-corrected chi connectivity index (χ1v) is 11.4. The molecule has 0 aliphatic heterocycles. The van der Waals surface area contributed by atoms with Crippen molar-refractivity contribution in [3.63, 3.8) is 0 Å². The second-order valence-corrected chi connectivity index (χ2v) is 9.64. The molecular formula is C28H30O7. The summed E-state index contributed by atoms with van der Waals surface area (Å²) in [5, 5.41) is 17.5. The summed E-state index contributed by atoms with van der Waals surface area (Å²) in [5.74, 6) is -0.906. The van der Waals surface area contributed by atoms with Crippen molar-refractivity contribution in [3.8, 4) is 11.5 Å². The Kier molecular flexibility index (Phi) is 8.12. The van der Waals surface area contributed by atoms with Gasteiger partial charge in [-0.3, -0.25) is 4.79 Å². The zero-order chi connectivity index (χ0) is 25.6. The van der Waals surface area contributed by atoms with E-state index in [2.05, 4.69) is 20.8 Å². The molecule has 0 radical (unpaired) electrons. The number of hydrogen-bond acceptors (Lipinski definition) is 5. The van der Waals surface area contributed by atoms with Crippen molar-refractivity contribution >= 4 is 29.9 Å². The molecular weight excluding hydrogens is 448 g/mol. The van der Waals surface area contributed by atoms with Gasteiger partial charge in [-0.2, -0.15) is 0 Å². The molecule has 35 heavy (non-hydrogen) atoms. The summed E-state index contributed by atoms with van der Waals surface area (Å²) in [6.07, 6.45) is 5.10. The molecule has 2 aromatic rings. The Morgan fingerprint density at radius 3 is 1.49 bits per heavy atom. The summed E-state index contributed by atoms with van der Waals surface area (Å²) in [6, 6.07) is 14.0. The zero-order valence-corrected chi connectivity index (χ0v) is 20.1. The van der Waals surface area contributed by atoms with Crippen LogP contribution in [-0.4, -0.2) is 41.1 Å². The second kappa shape index (κ2) is 11.0. The molecule has 0 saturated heterocycles. The van der Waals surface area contributed by atoms with Gasteiger partial charge in [0.15, 0.2) is 19.0 Å². The molecule has 0 unspecified atom stereocenters. The maximum atomic E-state index is 13.4. The van der Waals surface area contributed by atoms with Crippen molar-refractivity contribution in [3.05, 3.63) is 70.8 Å². The largest absolute Gasteiger partial charge is 0.482 e. The van der Waals surface area contributed by atoms with Crippen LogP contribution >= 0.6 is 0 Å². The molecule has 2 N–H and O–H groups in total. The van der Waals surface area contributed by atoms with E-state index in [0.717, 1.165) is 22.3 Å². The van der Waals surface area contributed by atoms with Crippen molar-refractivity contribution in [2.75, 3.05) is 13.2 Å². The number of aliphatic carboxylic acids is 2. The number of carboxylic acid groups (broad SMARTS) is 2. The molecule has 3 rings (SSSR count). The zero-order valence-electron chi connectivity index (χ0n) is 20.1. The minimum Gasteiger partial charge on any atom is -0.482 e. The van der Waals surface area contributed by atoms with Crippen molar-refractivity contribution in [1.82, 2.24) is 0 Å². The summed E-state index contributed by atoms with van der Waals surface area (Å²) < 4.78 is 10.4. The third-order valence-corrected chi connectivity index (χ3v) is 5.91. The van der Waals surface area contributed by atoms with Crippen LogP contribution in [0.3, 0.4) is 0 Å². The number of carbonyl (C=O) groups is 3. The molecule has 0 amide bonds. The highest BCUT2D eigenvalue weighted by Gasteiger charge is 2.34.